The molecule has 0 unspecified atom stereocenters. The number of hydrogen-bond donors (Lipinski definition) is 2. The van der Waals surface area contributed by atoms with E-state index in [1.807, 2.05) is 31.2 Å². The molecule has 30 heavy (non-hydrogen) atoms. The lowest BCUT2D eigenvalue weighted by Crippen LogP contribution is -2.30. The number of nitrogens with one attached hydrogen (secondary N) is 1. The van der Waals surface area contributed by atoms with Gasteiger partial charge in [-0.1, -0.05) is 57.9 Å². The van der Waals surface area contributed by atoms with Crippen LogP contribution in [0.5, 0.6) is 0 Å². The molecule has 3 aromatic carbocycles. The van der Waals surface area contributed by atoms with Crippen LogP contribution in [0.3, 0.4) is 0 Å². The average Bonchev–Trinajstić information content (AvgIpc) is 2.75. The minimum absolute atomic E-state index is 0.132. The molecule has 0 heterocycles. The fraction of sp³-hybridized carbons (Fsp3) is 0.136. The third-order valence-electron chi connectivity index (χ3n) is 4.61. The molecule has 0 radical (unpaired) electrons. The van der Waals surface area contributed by atoms with Crippen molar-refractivity contribution in [1.29, 1.82) is 0 Å². The Labute approximate surface area is 184 Å². The SMILES string of the molecule is Cc1ccc(CN(Cc2ccc(C(=O)NO)cc2)S(=O)(=O)c2ccc(Br)cc2)cc1. The number of hydroxylamine groups is 1. The third kappa shape index (κ3) is 5.34. The molecular weight excluding hydrogens is 468 g/mol. The molecule has 3 rings (SSSR count). The molecule has 0 aliphatic heterocycles. The van der Waals surface area contributed by atoms with Gasteiger partial charge in [-0.3, -0.25) is 10.0 Å². The normalized spacial score (nSPS) is 11.5. The van der Waals surface area contributed by atoms with Crippen molar-refractivity contribution < 1.29 is 18.4 Å². The van der Waals surface area contributed by atoms with Gasteiger partial charge < -0.3 is 0 Å². The molecule has 0 saturated carbocycles. The zero-order chi connectivity index (χ0) is 21.7. The summed E-state index contributed by atoms with van der Waals surface area (Å²) in [5, 5.41) is 8.75. The average molecular weight is 489 g/mol. The summed E-state index contributed by atoms with van der Waals surface area (Å²) in [7, 11) is -3.76. The Morgan fingerprint density at radius 3 is 1.90 bits per heavy atom. The summed E-state index contributed by atoms with van der Waals surface area (Å²) in [5.74, 6) is -0.624. The molecule has 0 fully saturated rings. The van der Waals surface area contributed by atoms with Crippen molar-refractivity contribution >= 4 is 31.9 Å². The minimum atomic E-state index is -3.76. The van der Waals surface area contributed by atoms with E-state index in [-0.39, 0.29) is 23.5 Å². The van der Waals surface area contributed by atoms with Gasteiger partial charge in [0.05, 0.1) is 4.90 Å². The van der Waals surface area contributed by atoms with Gasteiger partial charge in [0.25, 0.3) is 5.91 Å². The molecule has 0 aliphatic rings. The minimum Gasteiger partial charge on any atom is -0.288 e. The van der Waals surface area contributed by atoms with Gasteiger partial charge in [0.2, 0.25) is 10.0 Å². The number of sulfonamides is 1. The van der Waals surface area contributed by atoms with Gasteiger partial charge in [0.15, 0.2) is 0 Å². The van der Waals surface area contributed by atoms with Crippen molar-refractivity contribution in [3.63, 3.8) is 0 Å². The van der Waals surface area contributed by atoms with Crippen molar-refractivity contribution in [3.8, 4) is 0 Å². The summed E-state index contributed by atoms with van der Waals surface area (Å²) in [6, 6.07) is 20.7. The topological polar surface area (TPSA) is 86.7 Å². The van der Waals surface area contributed by atoms with E-state index in [1.54, 1.807) is 41.9 Å². The first-order valence-corrected chi connectivity index (χ1v) is 11.4. The van der Waals surface area contributed by atoms with E-state index in [2.05, 4.69) is 15.9 Å². The van der Waals surface area contributed by atoms with Crippen LogP contribution in [0.15, 0.2) is 82.2 Å². The number of aryl methyl sites for hydroxylation is 1. The maximum atomic E-state index is 13.4. The predicted octanol–water partition coefficient (Wildman–Crippen LogP) is 4.27. The van der Waals surface area contributed by atoms with Gasteiger partial charge >= 0.3 is 0 Å². The van der Waals surface area contributed by atoms with E-state index >= 15 is 0 Å². The number of amides is 1. The lowest BCUT2D eigenvalue weighted by molar-refractivity contribution is 0.0706. The van der Waals surface area contributed by atoms with Crippen LogP contribution < -0.4 is 5.48 Å². The molecule has 156 valence electrons. The van der Waals surface area contributed by atoms with Crippen molar-refractivity contribution in [2.24, 2.45) is 0 Å². The number of halogens is 1. The fourth-order valence-corrected chi connectivity index (χ4v) is 4.59. The van der Waals surface area contributed by atoms with Gasteiger partial charge in [0.1, 0.15) is 0 Å². The van der Waals surface area contributed by atoms with Crippen LogP contribution in [-0.4, -0.2) is 23.8 Å². The Balaban J connectivity index is 1.93. The fourth-order valence-electron chi connectivity index (χ4n) is 2.91. The lowest BCUT2D eigenvalue weighted by Gasteiger charge is -2.23. The highest BCUT2D eigenvalue weighted by Gasteiger charge is 2.25. The smallest absolute Gasteiger partial charge is 0.274 e. The Hall–Kier alpha value is -2.52. The van der Waals surface area contributed by atoms with Gasteiger partial charge in [-0.2, -0.15) is 4.31 Å². The van der Waals surface area contributed by atoms with Gasteiger partial charge in [-0.05, 0) is 54.4 Å². The number of nitrogens with zero attached hydrogens (tertiary/aromatic N) is 1. The zero-order valence-corrected chi connectivity index (χ0v) is 18.7. The first kappa shape index (κ1) is 22.2. The van der Waals surface area contributed by atoms with Gasteiger partial charge in [-0.15, -0.1) is 0 Å². The zero-order valence-electron chi connectivity index (χ0n) is 16.2. The summed E-state index contributed by atoms with van der Waals surface area (Å²) in [6.07, 6.45) is 0. The summed E-state index contributed by atoms with van der Waals surface area (Å²) in [4.78, 5) is 11.7. The van der Waals surface area contributed by atoms with Crippen molar-refractivity contribution in [2.45, 2.75) is 24.9 Å². The number of carbonyl (C=O) groups is 1. The van der Waals surface area contributed by atoms with Crippen molar-refractivity contribution in [2.75, 3.05) is 0 Å². The molecule has 3 aromatic rings. The second-order valence-corrected chi connectivity index (χ2v) is 9.70. The number of rotatable bonds is 7. The molecule has 0 atom stereocenters. The molecule has 8 heteroatoms. The van der Waals surface area contributed by atoms with E-state index in [4.69, 9.17) is 5.21 Å². The molecular formula is C22H21BrN2O4S. The Bertz CT molecular complexity index is 1110. The van der Waals surface area contributed by atoms with Gasteiger partial charge in [0, 0.05) is 23.1 Å². The van der Waals surface area contributed by atoms with Crippen LogP contribution in [0.4, 0.5) is 0 Å². The summed E-state index contributed by atoms with van der Waals surface area (Å²) >= 11 is 3.33. The van der Waals surface area contributed by atoms with Gasteiger partial charge in [-0.25, -0.2) is 13.9 Å². The first-order chi connectivity index (χ1) is 14.3. The predicted molar refractivity (Wildman–Crippen MR) is 117 cm³/mol. The molecule has 6 nitrogen and oxygen atoms in total. The van der Waals surface area contributed by atoms with Crippen LogP contribution in [0, 0.1) is 6.92 Å². The number of hydrogen-bond acceptors (Lipinski definition) is 4. The molecule has 0 aromatic heterocycles. The molecule has 0 aliphatic carbocycles. The van der Waals surface area contributed by atoms with Crippen LogP contribution in [0.1, 0.15) is 27.0 Å². The standard InChI is InChI=1S/C22H21BrN2O4S/c1-16-2-4-17(5-3-16)14-25(30(28,29)21-12-10-20(23)11-13-21)15-18-6-8-19(9-7-18)22(26)24-27/h2-13,27H,14-15H2,1H3,(H,24,26). The largest absolute Gasteiger partial charge is 0.288 e. The van der Waals surface area contributed by atoms with Crippen molar-refractivity contribution in [1.82, 2.24) is 9.79 Å². The van der Waals surface area contributed by atoms with Crippen LogP contribution in [0.2, 0.25) is 0 Å². The Morgan fingerprint density at radius 1 is 0.900 bits per heavy atom. The second-order valence-electron chi connectivity index (χ2n) is 6.85. The molecule has 1 amide bonds. The van der Waals surface area contributed by atoms with E-state index < -0.39 is 15.9 Å². The van der Waals surface area contributed by atoms with E-state index in [9.17, 15) is 13.2 Å². The highest BCUT2D eigenvalue weighted by molar-refractivity contribution is 9.10. The van der Waals surface area contributed by atoms with Crippen LogP contribution >= 0.6 is 15.9 Å². The summed E-state index contributed by atoms with van der Waals surface area (Å²) in [6.45, 7) is 2.31. The highest BCUT2D eigenvalue weighted by Crippen LogP contribution is 2.23. The monoisotopic (exact) mass is 488 g/mol. The molecule has 0 saturated heterocycles. The maximum Gasteiger partial charge on any atom is 0.274 e. The second kappa shape index (κ2) is 9.53. The quantitative estimate of drug-likeness (QED) is 0.384. The highest BCUT2D eigenvalue weighted by atomic mass is 79.9. The van der Waals surface area contributed by atoms with Crippen molar-refractivity contribution in [3.05, 3.63) is 99.5 Å². The summed E-state index contributed by atoms with van der Waals surface area (Å²) in [5.41, 5.74) is 4.55. The lowest BCUT2D eigenvalue weighted by atomic mass is 10.1. The van der Waals surface area contributed by atoms with Crippen LogP contribution in [-0.2, 0) is 23.1 Å². The summed E-state index contributed by atoms with van der Waals surface area (Å²) < 4.78 is 28.9. The van der Waals surface area contributed by atoms with Crippen LogP contribution in [0.25, 0.3) is 0 Å². The Morgan fingerprint density at radius 2 is 1.40 bits per heavy atom. The third-order valence-corrected chi connectivity index (χ3v) is 6.94. The molecule has 2 N–H and O–H groups in total. The Kier molecular flexibility index (Phi) is 7.04. The molecule has 0 spiro atoms. The van der Waals surface area contributed by atoms with E-state index in [1.165, 1.54) is 16.4 Å². The maximum absolute atomic E-state index is 13.4. The first-order valence-electron chi connectivity index (χ1n) is 9.14. The van der Waals surface area contributed by atoms with E-state index in [0.717, 1.165) is 21.2 Å². The van der Waals surface area contributed by atoms with E-state index in [0.29, 0.717) is 0 Å². The molecule has 0 bridgehead atoms. The number of benzene rings is 3. The number of carbonyl (C=O) groups excluding carboxylic acids is 1.